The summed E-state index contributed by atoms with van der Waals surface area (Å²) in [5.41, 5.74) is 4.51. The Hall–Kier alpha value is -2.41. The Balaban J connectivity index is 1.79. The quantitative estimate of drug-likeness (QED) is 0.224. The fourth-order valence-corrected chi connectivity index (χ4v) is 4.21. The van der Waals surface area contributed by atoms with Gasteiger partial charge in [-0.2, -0.15) is 4.47 Å². The van der Waals surface area contributed by atoms with Gasteiger partial charge in [-0.15, -0.1) is 11.6 Å². The molecule has 144 valence electrons. The van der Waals surface area contributed by atoms with Gasteiger partial charge in [0.1, 0.15) is 17.1 Å². The summed E-state index contributed by atoms with van der Waals surface area (Å²) in [6.45, 7) is 5.59. The van der Waals surface area contributed by atoms with E-state index in [0.717, 1.165) is 48.3 Å². The second-order valence-corrected chi connectivity index (χ2v) is 7.79. The van der Waals surface area contributed by atoms with Crippen molar-refractivity contribution in [3.63, 3.8) is 0 Å². The number of rotatable bonds is 5. The molecule has 0 atom stereocenters. The maximum absolute atomic E-state index is 10.6. The van der Waals surface area contributed by atoms with E-state index in [2.05, 4.69) is 5.16 Å². The molecule has 4 aromatic rings. The highest BCUT2D eigenvalue weighted by Gasteiger charge is 2.19. The maximum atomic E-state index is 10.6. The molecule has 0 bridgehead atoms. The molecule has 0 amide bonds. The number of anilines is 1. The van der Waals surface area contributed by atoms with Crippen molar-refractivity contribution in [3.8, 4) is 11.1 Å². The summed E-state index contributed by atoms with van der Waals surface area (Å²) in [7, 11) is 0. The van der Waals surface area contributed by atoms with Crippen LogP contribution in [0, 0.1) is 20.8 Å². The number of halogens is 1. The highest BCUT2D eigenvalue weighted by molar-refractivity contribution is 8.00. The third kappa shape index (κ3) is 3.28. The molecule has 1 N–H and O–H groups in total. The van der Waals surface area contributed by atoms with Crippen molar-refractivity contribution in [2.24, 2.45) is 0 Å². The molecule has 5 nitrogen and oxygen atoms in total. The van der Waals surface area contributed by atoms with Gasteiger partial charge in [-0.25, -0.2) is 0 Å². The fraction of sp³-hybridized carbons (Fsp3) is 0.190. The van der Waals surface area contributed by atoms with E-state index in [1.165, 1.54) is 11.9 Å². The summed E-state index contributed by atoms with van der Waals surface area (Å²) in [6.07, 6.45) is 0. The van der Waals surface area contributed by atoms with Gasteiger partial charge in [0.05, 0.1) is 0 Å². The van der Waals surface area contributed by atoms with Gasteiger partial charge in [0.15, 0.2) is 0 Å². The average molecular weight is 415 g/mol. The van der Waals surface area contributed by atoms with Gasteiger partial charge >= 0.3 is 0 Å². The van der Waals surface area contributed by atoms with Gasteiger partial charge in [0.2, 0.25) is 5.82 Å². The number of benzene rings is 2. The lowest BCUT2D eigenvalue weighted by Gasteiger charge is -2.16. The van der Waals surface area contributed by atoms with Crippen LogP contribution in [0.3, 0.4) is 0 Å². The largest absolute Gasteiger partial charge is 0.461 e. The molecule has 0 spiro atoms. The first kappa shape index (κ1) is 18.9. The molecule has 0 saturated carbocycles. The lowest BCUT2D eigenvalue weighted by Crippen LogP contribution is -2.09. The van der Waals surface area contributed by atoms with Crippen molar-refractivity contribution < 1.29 is 14.1 Å². The molecule has 0 aliphatic rings. The van der Waals surface area contributed by atoms with Crippen molar-refractivity contribution in [2.75, 3.05) is 4.47 Å². The first-order valence-electron chi connectivity index (χ1n) is 8.77. The number of hydrogen-bond donors (Lipinski definition) is 1. The van der Waals surface area contributed by atoms with Gasteiger partial charge in [-0.1, -0.05) is 35.5 Å². The molecule has 0 radical (unpaired) electrons. The van der Waals surface area contributed by atoms with E-state index in [-0.39, 0.29) is 0 Å². The Bertz CT molecular complexity index is 1150. The van der Waals surface area contributed by atoms with Gasteiger partial charge < -0.3 is 8.94 Å². The van der Waals surface area contributed by atoms with Crippen LogP contribution < -0.4 is 4.47 Å². The van der Waals surface area contributed by atoms with E-state index in [1.807, 2.05) is 63.2 Å². The normalized spacial score (nSPS) is 11.3. The van der Waals surface area contributed by atoms with Gasteiger partial charge in [-0.05, 0) is 38.5 Å². The summed E-state index contributed by atoms with van der Waals surface area (Å²) in [5, 5.41) is 15.5. The van der Waals surface area contributed by atoms with Gasteiger partial charge in [0, 0.05) is 44.8 Å². The summed E-state index contributed by atoms with van der Waals surface area (Å²) in [6, 6.07) is 13.9. The Labute approximate surface area is 172 Å². The van der Waals surface area contributed by atoms with Crippen molar-refractivity contribution >= 4 is 40.3 Å². The van der Waals surface area contributed by atoms with Crippen molar-refractivity contribution in [1.82, 2.24) is 5.16 Å². The van der Waals surface area contributed by atoms with Crippen LogP contribution in [-0.4, -0.2) is 10.4 Å². The Morgan fingerprint density at radius 3 is 2.61 bits per heavy atom. The monoisotopic (exact) mass is 414 g/mol. The maximum Gasteiger partial charge on any atom is 0.210 e. The van der Waals surface area contributed by atoms with Crippen LogP contribution in [-0.2, 0) is 5.88 Å². The standard InChI is InChI=1S/C21H19ClN2O3S/c1-12-10-18-15(11-22)8-9-17(20(18)26-12)16-6-4-5-7-19(16)28-24(25)21-13(2)14(3)27-23-21/h4-10,25H,11H2,1-3H3. The predicted molar refractivity (Wildman–Crippen MR) is 112 cm³/mol. The minimum Gasteiger partial charge on any atom is -0.461 e. The van der Waals surface area contributed by atoms with Crippen LogP contribution in [0.4, 0.5) is 5.82 Å². The minimum absolute atomic E-state index is 0.383. The van der Waals surface area contributed by atoms with Crippen molar-refractivity contribution in [2.45, 2.75) is 31.5 Å². The molecule has 4 rings (SSSR count). The summed E-state index contributed by atoms with van der Waals surface area (Å²) < 4.78 is 12.2. The Kier molecular flexibility index (Phi) is 5.10. The summed E-state index contributed by atoms with van der Waals surface area (Å²) in [5.74, 6) is 2.30. The lowest BCUT2D eigenvalue weighted by atomic mass is 10.0. The van der Waals surface area contributed by atoms with Crippen molar-refractivity contribution in [1.29, 1.82) is 0 Å². The number of fused-ring (bicyclic) bond motifs is 1. The first-order chi connectivity index (χ1) is 13.5. The molecule has 2 aromatic heterocycles. The predicted octanol–water partition coefficient (Wildman–Crippen LogP) is 6.65. The van der Waals surface area contributed by atoms with Crippen LogP contribution in [0.1, 0.15) is 22.6 Å². The van der Waals surface area contributed by atoms with Crippen LogP contribution in [0.2, 0.25) is 0 Å². The van der Waals surface area contributed by atoms with Crippen LogP contribution in [0.15, 0.2) is 56.3 Å². The number of furan rings is 1. The zero-order valence-electron chi connectivity index (χ0n) is 15.7. The molecule has 7 heteroatoms. The highest BCUT2D eigenvalue weighted by Crippen LogP contribution is 2.40. The SMILES string of the molecule is Cc1cc2c(CCl)ccc(-c3ccccc3SN(O)c3noc(C)c3C)c2o1. The van der Waals surface area contributed by atoms with Crippen LogP contribution in [0.5, 0.6) is 0 Å². The lowest BCUT2D eigenvalue weighted by molar-refractivity contribution is 0.317. The molecule has 2 aromatic carbocycles. The molecule has 2 heterocycles. The number of nitrogens with zero attached hydrogens (tertiary/aromatic N) is 2. The highest BCUT2D eigenvalue weighted by atomic mass is 35.5. The van der Waals surface area contributed by atoms with E-state index in [1.54, 1.807) is 0 Å². The van der Waals surface area contributed by atoms with E-state index in [9.17, 15) is 5.21 Å². The molecule has 0 fully saturated rings. The summed E-state index contributed by atoms with van der Waals surface area (Å²) >= 11 is 7.27. The Morgan fingerprint density at radius 1 is 1.11 bits per heavy atom. The zero-order chi connectivity index (χ0) is 19.8. The number of aryl methyl sites for hydroxylation is 2. The van der Waals surface area contributed by atoms with E-state index < -0.39 is 0 Å². The van der Waals surface area contributed by atoms with E-state index in [0.29, 0.717) is 17.5 Å². The van der Waals surface area contributed by atoms with Crippen LogP contribution in [0.25, 0.3) is 22.1 Å². The third-order valence-corrected chi connectivity index (χ3v) is 5.90. The molecule has 0 saturated heterocycles. The smallest absolute Gasteiger partial charge is 0.210 e. The van der Waals surface area contributed by atoms with Gasteiger partial charge in [0.25, 0.3) is 0 Å². The molecule has 0 aliphatic carbocycles. The fourth-order valence-electron chi connectivity index (χ4n) is 3.12. The topological polar surface area (TPSA) is 62.6 Å². The molecule has 0 aliphatic heterocycles. The Morgan fingerprint density at radius 2 is 1.89 bits per heavy atom. The summed E-state index contributed by atoms with van der Waals surface area (Å²) in [4.78, 5) is 0.860. The number of hydrogen-bond acceptors (Lipinski definition) is 6. The van der Waals surface area contributed by atoms with Gasteiger partial charge in [-0.3, -0.25) is 5.21 Å². The van der Waals surface area contributed by atoms with Crippen LogP contribution >= 0.6 is 23.5 Å². The number of alkyl halides is 1. The minimum atomic E-state index is 0.383. The average Bonchev–Trinajstić information content (AvgIpc) is 3.24. The molecular formula is C21H19ClN2O3S. The van der Waals surface area contributed by atoms with Crippen molar-refractivity contribution in [3.05, 3.63) is 65.1 Å². The first-order valence-corrected chi connectivity index (χ1v) is 10.1. The van der Waals surface area contributed by atoms with E-state index in [4.69, 9.17) is 20.5 Å². The zero-order valence-corrected chi connectivity index (χ0v) is 17.3. The molecular weight excluding hydrogens is 396 g/mol. The second-order valence-electron chi connectivity index (χ2n) is 6.55. The van der Waals surface area contributed by atoms with E-state index >= 15 is 0 Å². The second kappa shape index (κ2) is 7.54. The number of aromatic nitrogens is 1. The molecule has 28 heavy (non-hydrogen) atoms. The third-order valence-electron chi connectivity index (χ3n) is 4.72. The molecule has 0 unspecified atom stereocenters.